The summed E-state index contributed by atoms with van der Waals surface area (Å²) in [7, 11) is 0. The highest BCUT2D eigenvalue weighted by molar-refractivity contribution is 5.30. The van der Waals surface area contributed by atoms with Crippen LogP contribution in [0, 0.1) is 17.6 Å². The number of likely N-dealkylation sites (tertiary alicyclic amines) is 1. The predicted molar refractivity (Wildman–Crippen MR) is 92.8 cm³/mol. The van der Waals surface area contributed by atoms with Gasteiger partial charge in [0.2, 0.25) is 0 Å². The highest BCUT2D eigenvalue weighted by Gasteiger charge is 2.21. The first-order valence-electron chi connectivity index (χ1n) is 8.69. The van der Waals surface area contributed by atoms with Crippen molar-refractivity contribution in [2.24, 2.45) is 5.92 Å². The molecule has 0 radical (unpaired) electrons. The van der Waals surface area contributed by atoms with Crippen LogP contribution >= 0.6 is 0 Å². The van der Waals surface area contributed by atoms with Crippen molar-refractivity contribution in [2.45, 2.75) is 19.3 Å². The molecule has 1 heterocycles. The number of halogens is 2. The molecule has 0 aromatic heterocycles. The third-order valence-corrected chi connectivity index (χ3v) is 4.77. The van der Waals surface area contributed by atoms with Gasteiger partial charge in [-0.2, -0.15) is 0 Å². The molecule has 1 fully saturated rings. The average molecular weight is 347 g/mol. The van der Waals surface area contributed by atoms with E-state index in [-0.39, 0.29) is 11.3 Å². The maximum Gasteiger partial charge on any atom is 0.129 e. The van der Waals surface area contributed by atoms with Crippen LogP contribution in [0.3, 0.4) is 0 Å². The van der Waals surface area contributed by atoms with Crippen molar-refractivity contribution in [2.75, 3.05) is 26.2 Å². The number of nitrogens with zero attached hydrogens (tertiary/aromatic N) is 1. The second-order valence-electron chi connectivity index (χ2n) is 6.53. The summed E-state index contributed by atoms with van der Waals surface area (Å²) in [5, 5.41) is 9.24. The summed E-state index contributed by atoms with van der Waals surface area (Å²) in [4.78, 5) is 2.31. The van der Waals surface area contributed by atoms with Gasteiger partial charge < -0.3 is 9.84 Å². The fourth-order valence-corrected chi connectivity index (χ4v) is 3.27. The van der Waals surface area contributed by atoms with Gasteiger partial charge in [-0.1, -0.05) is 6.07 Å². The summed E-state index contributed by atoms with van der Waals surface area (Å²) >= 11 is 0. The molecule has 1 N–H and O–H groups in total. The van der Waals surface area contributed by atoms with Crippen LogP contribution in [-0.2, 0) is 6.42 Å². The monoisotopic (exact) mass is 347 g/mol. The third kappa shape index (κ3) is 4.92. The van der Waals surface area contributed by atoms with Crippen LogP contribution < -0.4 is 4.74 Å². The average Bonchev–Trinajstić information content (AvgIpc) is 2.61. The molecule has 5 heteroatoms. The minimum atomic E-state index is -0.440. The van der Waals surface area contributed by atoms with Crippen LogP contribution in [0.25, 0.3) is 0 Å². The molecule has 1 aliphatic rings. The number of aromatic hydroxyl groups is 1. The number of hydrogen-bond acceptors (Lipinski definition) is 3. The Balaban J connectivity index is 1.40. The summed E-state index contributed by atoms with van der Waals surface area (Å²) in [6.45, 7) is 3.23. The van der Waals surface area contributed by atoms with Gasteiger partial charge in [-0.05, 0) is 74.7 Å². The van der Waals surface area contributed by atoms with E-state index >= 15 is 0 Å². The van der Waals surface area contributed by atoms with Crippen LogP contribution in [0.2, 0.25) is 0 Å². The van der Waals surface area contributed by atoms with Gasteiger partial charge in [0, 0.05) is 12.1 Å². The maximum absolute atomic E-state index is 13.8. The van der Waals surface area contributed by atoms with E-state index in [0.717, 1.165) is 38.2 Å². The van der Waals surface area contributed by atoms with Crippen molar-refractivity contribution in [3.8, 4) is 11.5 Å². The van der Waals surface area contributed by atoms with Crippen molar-refractivity contribution in [3.05, 3.63) is 59.7 Å². The summed E-state index contributed by atoms with van der Waals surface area (Å²) < 4.78 is 33.2. The lowest BCUT2D eigenvalue weighted by Gasteiger charge is -2.32. The smallest absolute Gasteiger partial charge is 0.129 e. The van der Waals surface area contributed by atoms with Gasteiger partial charge in [0.1, 0.15) is 29.7 Å². The van der Waals surface area contributed by atoms with Crippen LogP contribution in [-0.4, -0.2) is 36.2 Å². The quantitative estimate of drug-likeness (QED) is 0.857. The fraction of sp³-hybridized carbons (Fsp3) is 0.400. The minimum Gasteiger partial charge on any atom is -0.508 e. The fourth-order valence-electron chi connectivity index (χ4n) is 3.27. The summed E-state index contributed by atoms with van der Waals surface area (Å²) in [6.07, 6.45) is 2.34. The first-order valence-corrected chi connectivity index (χ1v) is 8.69. The zero-order valence-electron chi connectivity index (χ0n) is 14.1. The Labute approximate surface area is 146 Å². The number of hydrogen-bond donors (Lipinski definition) is 1. The van der Waals surface area contributed by atoms with E-state index in [1.165, 1.54) is 18.2 Å². The molecule has 2 aromatic rings. The second kappa shape index (κ2) is 8.30. The zero-order chi connectivity index (χ0) is 17.6. The van der Waals surface area contributed by atoms with Gasteiger partial charge in [-0.3, -0.25) is 4.90 Å². The van der Waals surface area contributed by atoms with Gasteiger partial charge in [0.05, 0.1) is 0 Å². The van der Waals surface area contributed by atoms with E-state index in [2.05, 4.69) is 4.90 Å². The molecule has 1 saturated heterocycles. The number of piperidine rings is 1. The first-order chi connectivity index (χ1) is 12.1. The molecule has 3 rings (SSSR count). The Morgan fingerprint density at radius 3 is 2.28 bits per heavy atom. The molecular weight excluding hydrogens is 324 g/mol. The lowest BCUT2D eigenvalue weighted by Crippen LogP contribution is -2.37. The normalized spacial score (nSPS) is 16.1. The Morgan fingerprint density at radius 2 is 1.64 bits per heavy atom. The van der Waals surface area contributed by atoms with Crippen molar-refractivity contribution >= 4 is 0 Å². The van der Waals surface area contributed by atoms with Crippen molar-refractivity contribution < 1.29 is 18.6 Å². The van der Waals surface area contributed by atoms with E-state index in [0.29, 0.717) is 18.9 Å². The van der Waals surface area contributed by atoms with Gasteiger partial charge in [-0.15, -0.1) is 0 Å². The Morgan fingerprint density at radius 1 is 1.00 bits per heavy atom. The summed E-state index contributed by atoms with van der Waals surface area (Å²) in [5.74, 6) is 0.401. The number of rotatable bonds is 6. The molecule has 0 amide bonds. The first kappa shape index (κ1) is 17.7. The van der Waals surface area contributed by atoms with Gasteiger partial charge in [0.15, 0.2) is 0 Å². The maximum atomic E-state index is 13.8. The van der Waals surface area contributed by atoms with Crippen LogP contribution in [0.1, 0.15) is 18.4 Å². The lowest BCUT2D eigenvalue weighted by molar-refractivity contribution is 0.154. The van der Waals surface area contributed by atoms with Crippen LogP contribution in [0.5, 0.6) is 11.5 Å². The van der Waals surface area contributed by atoms with Crippen LogP contribution in [0.4, 0.5) is 8.78 Å². The number of phenols is 1. The largest absolute Gasteiger partial charge is 0.508 e. The van der Waals surface area contributed by atoms with E-state index in [4.69, 9.17) is 4.74 Å². The Bertz CT molecular complexity index is 662. The highest BCUT2D eigenvalue weighted by atomic mass is 19.1. The molecule has 0 atom stereocenters. The Hall–Kier alpha value is -2.14. The molecule has 0 aliphatic carbocycles. The van der Waals surface area contributed by atoms with E-state index in [1.807, 2.05) is 0 Å². The highest BCUT2D eigenvalue weighted by Crippen LogP contribution is 2.24. The zero-order valence-corrected chi connectivity index (χ0v) is 14.1. The summed E-state index contributed by atoms with van der Waals surface area (Å²) in [6, 6.07) is 10.7. The number of benzene rings is 2. The number of ether oxygens (including phenoxy) is 1. The van der Waals surface area contributed by atoms with Crippen LogP contribution in [0.15, 0.2) is 42.5 Å². The topological polar surface area (TPSA) is 32.7 Å². The minimum absolute atomic E-state index is 0.219. The summed E-state index contributed by atoms with van der Waals surface area (Å²) in [5.41, 5.74) is 0.219. The molecular formula is C20H23F2NO2. The van der Waals surface area contributed by atoms with Gasteiger partial charge >= 0.3 is 0 Å². The Kier molecular flexibility index (Phi) is 5.87. The van der Waals surface area contributed by atoms with Gasteiger partial charge in [0.25, 0.3) is 0 Å². The van der Waals surface area contributed by atoms with E-state index in [9.17, 15) is 13.9 Å². The molecule has 2 aromatic carbocycles. The third-order valence-electron chi connectivity index (χ3n) is 4.77. The van der Waals surface area contributed by atoms with Crippen molar-refractivity contribution in [1.29, 1.82) is 0 Å². The molecule has 0 bridgehead atoms. The molecule has 0 spiro atoms. The lowest BCUT2D eigenvalue weighted by atomic mass is 9.90. The van der Waals surface area contributed by atoms with Crippen molar-refractivity contribution in [1.82, 2.24) is 4.90 Å². The SMILES string of the molecule is Oc1ccc(OCCN2CCC(Cc3c(F)cccc3F)CC2)cc1. The molecule has 134 valence electrons. The van der Waals surface area contributed by atoms with E-state index < -0.39 is 11.6 Å². The molecule has 0 saturated carbocycles. The predicted octanol–water partition coefficient (Wildman–Crippen LogP) is 4.00. The molecule has 3 nitrogen and oxygen atoms in total. The number of phenolic OH excluding ortho intramolecular Hbond substituents is 1. The van der Waals surface area contributed by atoms with Gasteiger partial charge in [-0.25, -0.2) is 8.78 Å². The molecule has 0 unspecified atom stereocenters. The molecule has 25 heavy (non-hydrogen) atoms. The second-order valence-corrected chi connectivity index (χ2v) is 6.53. The van der Waals surface area contributed by atoms with Crippen molar-refractivity contribution in [3.63, 3.8) is 0 Å². The van der Waals surface area contributed by atoms with E-state index in [1.54, 1.807) is 24.3 Å². The standard InChI is InChI=1S/C20H23F2NO2/c21-19-2-1-3-20(22)18(19)14-15-8-10-23(11-9-15)12-13-25-17-6-4-16(24)5-7-17/h1-7,15,24H,8-14H2. The molecule has 1 aliphatic heterocycles.